The van der Waals surface area contributed by atoms with Crippen molar-refractivity contribution in [3.8, 4) is 0 Å². The number of nitrogens with one attached hydrogen (secondary N) is 1. The highest BCUT2D eigenvalue weighted by Crippen LogP contribution is 2.26. The van der Waals surface area contributed by atoms with E-state index in [1.165, 1.54) is 0 Å². The van der Waals surface area contributed by atoms with Crippen molar-refractivity contribution < 1.29 is 9.53 Å². The third-order valence-electron chi connectivity index (χ3n) is 1.78. The summed E-state index contributed by atoms with van der Waals surface area (Å²) in [5, 5.41) is 4.87. The molecule has 0 saturated carbocycles. The van der Waals surface area contributed by atoms with Crippen LogP contribution in [0.2, 0.25) is 0 Å². The first-order valence-corrected chi connectivity index (χ1v) is 5.54. The van der Waals surface area contributed by atoms with Gasteiger partial charge in [0.2, 0.25) is 5.91 Å². The van der Waals surface area contributed by atoms with Crippen LogP contribution in [0.15, 0.2) is 15.9 Å². The Kier molecular flexibility index (Phi) is 2.66. The number of hydrogen-bond donors (Lipinski definition) is 1. The van der Waals surface area contributed by atoms with Gasteiger partial charge in [0.15, 0.2) is 0 Å². The zero-order valence-electron chi connectivity index (χ0n) is 6.75. The summed E-state index contributed by atoms with van der Waals surface area (Å²) in [4.78, 5) is 12.1. The number of halogens is 1. The molecule has 1 fully saturated rings. The Morgan fingerprint density at radius 2 is 2.54 bits per heavy atom. The first-order chi connectivity index (χ1) is 6.25. The fourth-order valence-electron chi connectivity index (χ4n) is 1.21. The van der Waals surface area contributed by atoms with Crippen LogP contribution in [0.25, 0.3) is 0 Å². The fraction of sp³-hybridized carbons (Fsp3) is 0.375. The molecule has 0 radical (unpaired) electrons. The van der Waals surface area contributed by atoms with E-state index in [-0.39, 0.29) is 18.6 Å². The topological polar surface area (TPSA) is 38.3 Å². The summed E-state index contributed by atoms with van der Waals surface area (Å²) in [6.07, 6.45) is 0. The average Bonchev–Trinajstić information content (AvgIpc) is 2.52. The summed E-state index contributed by atoms with van der Waals surface area (Å²) in [5.74, 6) is -0.0410. The van der Waals surface area contributed by atoms with Crippen molar-refractivity contribution in [1.82, 2.24) is 5.32 Å². The molecule has 1 amide bonds. The monoisotopic (exact) mass is 261 g/mol. The van der Waals surface area contributed by atoms with Gasteiger partial charge in [-0.2, -0.15) is 0 Å². The predicted octanol–water partition coefficient (Wildman–Crippen LogP) is 1.70. The maximum atomic E-state index is 11.0. The third-order valence-corrected chi connectivity index (χ3v) is 3.59. The van der Waals surface area contributed by atoms with Crippen molar-refractivity contribution in [1.29, 1.82) is 0 Å². The van der Waals surface area contributed by atoms with Crippen LogP contribution in [0.4, 0.5) is 0 Å². The van der Waals surface area contributed by atoms with Crippen molar-refractivity contribution in [2.24, 2.45) is 0 Å². The second kappa shape index (κ2) is 3.77. The van der Waals surface area contributed by atoms with Crippen LogP contribution in [-0.4, -0.2) is 19.1 Å². The SMILES string of the molecule is O=C1COC[C@H](c2cc(Br)cs2)N1. The van der Waals surface area contributed by atoms with Crippen molar-refractivity contribution in [3.63, 3.8) is 0 Å². The molecule has 13 heavy (non-hydrogen) atoms. The number of carbonyl (C=O) groups is 1. The van der Waals surface area contributed by atoms with E-state index in [1.807, 2.05) is 11.4 Å². The van der Waals surface area contributed by atoms with E-state index < -0.39 is 0 Å². The quantitative estimate of drug-likeness (QED) is 0.836. The number of rotatable bonds is 1. The molecule has 3 nitrogen and oxygen atoms in total. The first kappa shape index (κ1) is 9.18. The van der Waals surface area contributed by atoms with Crippen molar-refractivity contribution in [2.75, 3.05) is 13.2 Å². The molecule has 2 heterocycles. The lowest BCUT2D eigenvalue weighted by Gasteiger charge is -2.22. The Morgan fingerprint density at radius 1 is 1.69 bits per heavy atom. The standard InChI is InChI=1S/C8H8BrNO2S/c9-5-1-7(13-4-5)6-2-12-3-8(11)10-6/h1,4,6H,2-3H2,(H,10,11)/t6-/m1/s1. The van der Waals surface area contributed by atoms with Crippen LogP contribution in [0.1, 0.15) is 10.9 Å². The van der Waals surface area contributed by atoms with Gasteiger partial charge in [-0.3, -0.25) is 4.79 Å². The van der Waals surface area contributed by atoms with Crippen LogP contribution >= 0.6 is 27.3 Å². The summed E-state index contributed by atoms with van der Waals surface area (Å²) < 4.78 is 6.19. The van der Waals surface area contributed by atoms with Gasteiger partial charge in [-0.1, -0.05) is 0 Å². The molecule has 1 N–H and O–H groups in total. The molecular weight excluding hydrogens is 254 g/mol. The van der Waals surface area contributed by atoms with Gasteiger partial charge in [0.05, 0.1) is 12.6 Å². The smallest absolute Gasteiger partial charge is 0.246 e. The second-order valence-electron chi connectivity index (χ2n) is 2.80. The molecule has 1 aromatic heterocycles. The van der Waals surface area contributed by atoms with Gasteiger partial charge >= 0.3 is 0 Å². The molecule has 0 aliphatic carbocycles. The maximum Gasteiger partial charge on any atom is 0.246 e. The fourth-order valence-corrected chi connectivity index (χ4v) is 2.69. The predicted molar refractivity (Wildman–Crippen MR) is 53.7 cm³/mol. The van der Waals surface area contributed by atoms with Crippen LogP contribution in [-0.2, 0) is 9.53 Å². The van der Waals surface area contributed by atoms with Gasteiger partial charge in [-0.05, 0) is 22.0 Å². The van der Waals surface area contributed by atoms with Gasteiger partial charge in [-0.15, -0.1) is 11.3 Å². The lowest BCUT2D eigenvalue weighted by molar-refractivity contribution is -0.131. The molecule has 2 rings (SSSR count). The largest absolute Gasteiger partial charge is 0.369 e. The first-order valence-electron chi connectivity index (χ1n) is 3.87. The van der Waals surface area contributed by atoms with Gasteiger partial charge < -0.3 is 10.1 Å². The molecule has 1 aliphatic heterocycles. The van der Waals surface area contributed by atoms with E-state index in [0.29, 0.717) is 6.61 Å². The van der Waals surface area contributed by atoms with E-state index in [2.05, 4.69) is 21.2 Å². The minimum atomic E-state index is -0.0410. The normalized spacial score (nSPS) is 22.8. The number of amides is 1. The Hall–Kier alpha value is -0.390. The van der Waals surface area contributed by atoms with Gasteiger partial charge in [0.1, 0.15) is 6.61 Å². The van der Waals surface area contributed by atoms with Crippen LogP contribution in [0.3, 0.4) is 0 Å². The Morgan fingerprint density at radius 3 is 3.15 bits per heavy atom. The minimum absolute atomic E-state index is 0.0255. The highest BCUT2D eigenvalue weighted by atomic mass is 79.9. The van der Waals surface area contributed by atoms with E-state index >= 15 is 0 Å². The molecule has 1 saturated heterocycles. The van der Waals surface area contributed by atoms with Crippen molar-refractivity contribution in [2.45, 2.75) is 6.04 Å². The van der Waals surface area contributed by atoms with E-state index in [9.17, 15) is 4.79 Å². The molecule has 0 aromatic carbocycles. The molecule has 1 atom stereocenters. The lowest BCUT2D eigenvalue weighted by atomic mass is 10.2. The number of hydrogen-bond acceptors (Lipinski definition) is 3. The summed E-state index contributed by atoms with van der Waals surface area (Å²) in [6.45, 7) is 0.752. The zero-order chi connectivity index (χ0) is 9.26. The van der Waals surface area contributed by atoms with E-state index in [4.69, 9.17) is 4.74 Å². The summed E-state index contributed by atoms with van der Waals surface area (Å²) >= 11 is 4.99. The Balaban J connectivity index is 2.12. The lowest BCUT2D eigenvalue weighted by Crippen LogP contribution is -2.39. The minimum Gasteiger partial charge on any atom is -0.369 e. The number of ether oxygens (including phenoxy) is 1. The molecule has 0 bridgehead atoms. The highest BCUT2D eigenvalue weighted by Gasteiger charge is 2.21. The summed E-state index contributed by atoms with van der Waals surface area (Å²) in [7, 11) is 0. The molecule has 70 valence electrons. The molecule has 0 spiro atoms. The third kappa shape index (κ3) is 2.10. The average molecular weight is 262 g/mol. The zero-order valence-corrected chi connectivity index (χ0v) is 9.15. The molecule has 1 aliphatic rings. The second-order valence-corrected chi connectivity index (χ2v) is 4.66. The van der Waals surface area contributed by atoms with Crippen molar-refractivity contribution >= 4 is 33.2 Å². The van der Waals surface area contributed by atoms with Crippen LogP contribution in [0.5, 0.6) is 0 Å². The highest BCUT2D eigenvalue weighted by molar-refractivity contribution is 9.10. The Bertz CT molecular complexity index is 326. The molecular formula is C8H8BrNO2S. The van der Waals surface area contributed by atoms with E-state index in [1.54, 1.807) is 11.3 Å². The van der Waals surface area contributed by atoms with Gasteiger partial charge in [0, 0.05) is 14.7 Å². The summed E-state index contributed by atoms with van der Waals surface area (Å²) in [5.41, 5.74) is 0. The van der Waals surface area contributed by atoms with Gasteiger partial charge in [0.25, 0.3) is 0 Å². The van der Waals surface area contributed by atoms with Crippen molar-refractivity contribution in [3.05, 3.63) is 20.8 Å². The van der Waals surface area contributed by atoms with E-state index in [0.717, 1.165) is 9.35 Å². The van der Waals surface area contributed by atoms with Crippen LogP contribution in [0, 0.1) is 0 Å². The molecule has 1 aromatic rings. The molecule has 5 heteroatoms. The number of thiophene rings is 1. The molecule has 0 unspecified atom stereocenters. The Labute approximate surface area is 88.2 Å². The summed E-state index contributed by atoms with van der Waals surface area (Å²) in [6, 6.07) is 2.03. The van der Waals surface area contributed by atoms with Gasteiger partial charge in [-0.25, -0.2) is 0 Å². The number of carbonyl (C=O) groups excluding carboxylic acids is 1. The number of morpholine rings is 1. The maximum absolute atomic E-state index is 11.0. The van der Waals surface area contributed by atoms with Crippen LogP contribution < -0.4 is 5.32 Å².